The number of rotatable bonds is 3. The second-order valence-electron chi connectivity index (χ2n) is 7.37. The highest BCUT2D eigenvalue weighted by Crippen LogP contribution is 2.34. The van der Waals surface area contributed by atoms with Gasteiger partial charge in [-0.05, 0) is 56.9 Å². The minimum atomic E-state index is 0.134. The molecule has 1 saturated carbocycles. The Morgan fingerprint density at radius 1 is 1.00 bits per heavy atom. The predicted molar refractivity (Wildman–Crippen MR) is 80.9 cm³/mol. The first kappa shape index (κ1) is 14.8. The summed E-state index contributed by atoms with van der Waals surface area (Å²) in [5.41, 5.74) is 0.134. The van der Waals surface area contributed by atoms with Crippen molar-refractivity contribution in [1.29, 1.82) is 0 Å². The van der Waals surface area contributed by atoms with Gasteiger partial charge < -0.3 is 14.8 Å². The predicted octanol–water partition coefficient (Wildman–Crippen LogP) is 3.13. The summed E-state index contributed by atoms with van der Waals surface area (Å²) >= 11 is 0. The first-order valence-corrected chi connectivity index (χ1v) is 8.71. The molecule has 2 aliphatic heterocycles. The lowest BCUT2D eigenvalue weighted by Gasteiger charge is -2.44. The number of nitrogens with one attached hydrogen (secondary N) is 1. The van der Waals surface area contributed by atoms with Crippen molar-refractivity contribution >= 4 is 0 Å². The molecule has 2 saturated heterocycles. The number of ether oxygens (including phenoxy) is 2. The van der Waals surface area contributed by atoms with E-state index in [0.717, 1.165) is 44.5 Å². The van der Waals surface area contributed by atoms with Crippen LogP contribution in [-0.2, 0) is 9.47 Å². The topological polar surface area (TPSA) is 30.5 Å². The molecule has 0 bridgehead atoms. The third-order valence-electron chi connectivity index (χ3n) is 5.73. The van der Waals surface area contributed by atoms with Crippen LogP contribution in [-0.4, -0.2) is 38.0 Å². The van der Waals surface area contributed by atoms with Gasteiger partial charge in [-0.1, -0.05) is 19.8 Å². The molecule has 3 rings (SSSR count). The molecule has 1 atom stereocenters. The standard InChI is InChI=1S/C17H31NO2/c1-14-2-4-15(5-3-14)13-18-16-6-9-20-17(12-16)7-10-19-11-8-17/h14-16,18H,2-13H2,1H3. The van der Waals surface area contributed by atoms with Gasteiger partial charge in [0.15, 0.2) is 0 Å². The van der Waals surface area contributed by atoms with Crippen molar-refractivity contribution in [2.45, 2.75) is 69.9 Å². The monoisotopic (exact) mass is 281 g/mol. The number of hydrogen-bond donors (Lipinski definition) is 1. The van der Waals surface area contributed by atoms with Crippen LogP contribution in [0, 0.1) is 11.8 Å². The molecule has 0 aromatic carbocycles. The molecule has 1 unspecified atom stereocenters. The van der Waals surface area contributed by atoms with Crippen LogP contribution < -0.4 is 5.32 Å². The smallest absolute Gasteiger partial charge is 0.0741 e. The summed E-state index contributed by atoms with van der Waals surface area (Å²) in [6, 6.07) is 0.668. The summed E-state index contributed by atoms with van der Waals surface area (Å²) in [5, 5.41) is 3.86. The van der Waals surface area contributed by atoms with Crippen molar-refractivity contribution < 1.29 is 9.47 Å². The highest BCUT2D eigenvalue weighted by atomic mass is 16.5. The zero-order valence-electron chi connectivity index (χ0n) is 13.0. The molecule has 3 nitrogen and oxygen atoms in total. The minimum absolute atomic E-state index is 0.134. The van der Waals surface area contributed by atoms with Crippen LogP contribution in [0.2, 0.25) is 0 Å². The minimum Gasteiger partial charge on any atom is -0.381 e. The Bertz CT molecular complexity index is 288. The first-order valence-electron chi connectivity index (χ1n) is 8.71. The fourth-order valence-corrected chi connectivity index (χ4v) is 4.16. The summed E-state index contributed by atoms with van der Waals surface area (Å²) < 4.78 is 11.6. The van der Waals surface area contributed by atoms with Crippen LogP contribution in [0.25, 0.3) is 0 Å². The summed E-state index contributed by atoms with van der Waals surface area (Å²) in [5.74, 6) is 1.87. The molecule has 20 heavy (non-hydrogen) atoms. The van der Waals surface area contributed by atoms with Gasteiger partial charge >= 0.3 is 0 Å². The first-order chi connectivity index (χ1) is 9.76. The van der Waals surface area contributed by atoms with E-state index in [1.54, 1.807) is 0 Å². The zero-order valence-corrected chi connectivity index (χ0v) is 13.0. The van der Waals surface area contributed by atoms with E-state index < -0.39 is 0 Å². The van der Waals surface area contributed by atoms with Gasteiger partial charge in [-0.2, -0.15) is 0 Å². The fourth-order valence-electron chi connectivity index (χ4n) is 4.16. The largest absolute Gasteiger partial charge is 0.381 e. The molecule has 0 amide bonds. The zero-order chi connectivity index (χ0) is 13.8. The van der Waals surface area contributed by atoms with Crippen molar-refractivity contribution in [3.8, 4) is 0 Å². The Balaban J connectivity index is 1.43. The lowest BCUT2D eigenvalue weighted by molar-refractivity contribution is -0.140. The summed E-state index contributed by atoms with van der Waals surface area (Å²) in [7, 11) is 0. The van der Waals surface area contributed by atoms with E-state index in [4.69, 9.17) is 9.47 Å². The van der Waals surface area contributed by atoms with E-state index in [9.17, 15) is 0 Å². The number of hydrogen-bond acceptors (Lipinski definition) is 3. The summed E-state index contributed by atoms with van der Waals surface area (Å²) in [4.78, 5) is 0. The normalized spacial score (nSPS) is 38.0. The molecule has 3 aliphatic rings. The Labute approximate surface area is 123 Å². The van der Waals surface area contributed by atoms with Crippen LogP contribution in [0.1, 0.15) is 58.3 Å². The highest BCUT2D eigenvalue weighted by molar-refractivity contribution is 4.91. The van der Waals surface area contributed by atoms with E-state index in [1.807, 2.05) is 0 Å². The maximum Gasteiger partial charge on any atom is 0.0741 e. The van der Waals surface area contributed by atoms with Crippen molar-refractivity contribution in [3.63, 3.8) is 0 Å². The van der Waals surface area contributed by atoms with Crippen LogP contribution in [0.15, 0.2) is 0 Å². The SMILES string of the molecule is CC1CCC(CNC2CCOC3(CCOCC3)C2)CC1. The van der Waals surface area contributed by atoms with Gasteiger partial charge in [0, 0.05) is 25.9 Å². The third-order valence-corrected chi connectivity index (χ3v) is 5.73. The molecule has 2 heterocycles. The fraction of sp³-hybridized carbons (Fsp3) is 1.00. The van der Waals surface area contributed by atoms with Gasteiger partial charge in [0.05, 0.1) is 5.60 Å². The van der Waals surface area contributed by atoms with Crippen LogP contribution in [0.5, 0.6) is 0 Å². The molecule has 0 aromatic rings. The van der Waals surface area contributed by atoms with E-state index in [0.29, 0.717) is 6.04 Å². The van der Waals surface area contributed by atoms with Crippen LogP contribution in [0.4, 0.5) is 0 Å². The van der Waals surface area contributed by atoms with Gasteiger partial charge in [-0.25, -0.2) is 0 Å². The lowest BCUT2D eigenvalue weighted by Crippen LogP contribution is -2.50. The molecule has 1 spiro atoms. The van der Waals surface area contributed by atoms with Crippen molar-refractivity contribution in [2.24, 2.45) is 11.8 Å². The summed E-state index contributed by atoms with van der Waals surface area (Å²) in [6.45, 7) is 6.32. The Morgan fingerprint density at radius 3 is 2.50 bits per heavy atom. The van der Waals surface area contributed by atoms with Crippen molar-refractivity contribution in [1.82, 2.24) is 5.32 Å². The average molecular weight is 281 g/mol. The van der Waals surface area contributed by atoms with Crippen molar-refractivity contribution in [2.75, 3.05) is 26.4 Å². The molecular weight excluding hydrogens is 250 g/mol. The van der Waals surface area contributed by atoms with E-state index in [-0.39, 0.29) is 5.60 Å². The Hall–Kier alpha value is -0.120. The second kappa shape index (κ2) is 6.76. The molecular formula is C17H31NO2. The van der Waals surface area contributed by atoms with Gasteiger partial charge in [0.1, 0.15) is 0 Å². The van der Waals surface area contributed by atoms with Gasteiger partial charge in [-0.15, -0.1) is 0 Å². The molecule has 3 fully saturated rings. The Morgan fingerprint density at radius 2 is 1.75 bits per heavy atom. The molecule has 0 aromatic heterocycles. The molecule has 3 heteroatoms. The van der Waals surface area contributed by atoms with Crippen molar-refractivity contribution in [3.05, 3.63) is 0 Å². The molecule has 0 radical (unpaired) electrons. The highest BCUT2D eigenvalue weighted by Gasteiger charge is 2.38. The molecule has 1 aliphatic carbocycles. The van der Waals surface area contributed by atoms with Gasteiger partial charge in [-0.3, -0.25) is 0 Å². The van der Waals surface area contributed by atoms with Gasteiger partial charge in [0.25, 0.3) is 0 Å². The third kappa shape index (κ3) is 3.75. The Kier molecular flexibility index (Phi) is 5.00. The van der Waals surface area contributed by atoms with Gasteiger partial charge in [0.2, 0.25) is 0 Å². The maximum absolute atomic E-state index is 6.12. The molecule has 116 valence electrons. The van der Waals surface area contributed by atoms with Crippen LogP contribution >= 0.6 is 0 Å². The quantitative estimate of drug-likeness (QED) is 0.862. The molecule has 1 N–H and O–H groups in total. The average Bonchev–Trinajstić information content (AvgIpc) is 2.48. The van der Waals surface area contributed by atoms with E-state index in [1.165, 1.54) is 45.1 Å². The maximum atomic E-state index is 6.12. The van der Waals surface area contributed by atoms with E-state index >= 15 is 0 Å². The summed E-state index contributed by atoms with van der Waals surface area (Å²) in [6.07, 6.45) is 10.3. The lowest BCUT2D eigenvalue weighted by atomic mass is 9.82. The second-order valence-corrected chi connectivity index (χ2v) is 7.37. The van der Waals surface area contributed by atoms with E-state index in [2.05, 4.69) is 12.2 Å². The van der Waals surface area contributed by atoms with Crippen LogP contribution in [0.3, 0.4) is 0 Å².